The van der Waals surface area contributed by atoms with E-state index in [1.807, 2.05) is 44.2 Å². The highest BCUT2D eigenvalue weighted by Gasteiger charge is 2.56. The Morgan fingerprint density at radius 3 is 2.82 bits per heavy atom. The molecule has 0 bridgehead atoms. The minimum atomic E-state index is -0.684. The molecule has 118 valence electrons. The zero-order valence-corrected chi connectivity index (χ0v) is 13.0. The summed E-state index contributed by atoms with van der Waals surface area (Å²) in [5, 5.41) is 0. The summed E-state index contributed by atoms with van der Waals surface area (Å²) in [6, 6.07) is 9.33. The van der Waals surface area contributed by atoms with Gasteiger partial charge in [0.15, 0.2) is 0 Å². The van der Waals surface area contributed by atoms with E-state index < -0.39 is 5.41 Å². The Morgan fingerprint density at radius 2 is 2.09 bits per heavy atom. The Labute approximate surface area is 130 Å². The summed E-state index contributed by atoms with van der Waals surface area (Å²) < 4.78 is 10.9. The van der Waals surface area contributed by atoms with Gasteiger partial charge in [0, 0.05) is 6.54 Å². The second kappa shape index (κ2) is 5.63. The number of hydrogen-bond acceptors (Lipinski definition) is 4. The van der Waals surface area contributed by atoms with Crippen LogP contribution in [-0.4, -0.2) is 35.7 Å². The number of ether oxygens (including phenoxy) is 2. The normalized spacial score (nSPS) is 26.3. The lowest BCUT2D eigenvalue weighted by Crippen LogP contribution is -2.54. The molecule has 1 amide bonds. The first-order valence-corrected chi connectivity index (χ1v) is 7.68. The van der Waals surface area contributed by atoms with Gasteiger partial charge >= 0.3 is 12.1 Å². The molecule has 1 aromatic rings. The van der Waals surface area contributed by atoms with E-state index in [1.54, 1.807) is 4.90 Å². The summed E-state index contributed by atoms with van der Waals surface area (Å²) in [5.74, 6) is -0.231. The standard InChI is InChI=1S/C17H21NO4/c1-17(2)14-13(22-15(17)19)9-6-10-18(14)16(20)21-11-12-7-4-3-5-8-12/h3-5,7-8,13-14H,6,9-11H2,1-2H3/t13-,14-/m1/s1. The van der Waals surface area contributed by atoms with Crippen molar-refractivity contribution < 1.29 is 19.1 Å². The van der Waals surface area contributed by atoms with Crippen molar-refractivity contribution in [2.75, 3.05) is 6.54 Å². The number of carbonyl (C=O) groups is 2. The molecule has 2 atom stereocenters. The number of likely N-dealkylation sites (tertiary alicyclic amines) is 1. The fourth-order valence-electron chi connectivity index (χ4n) is 3.36. The summed E-state index contributed by atoms with van der Waals surface area (Å²) in [6.45, 7) is 4.52. The highest BCUT2D eigenvalue weighted by atomic mass is 16.6. The van der Waals surface area contributed by atoms with Gasteiger partial charge < -0.3 is 14.4 Å². The molecule has 2 heterocycles. The van der Waals surface area contributed by atoms with Gasteiger partial charge in [-0.2, -0.15) is 0 Å². The first-order chi connectivity index (χ1) is 10.5. The third-order valence-corrected chi connectivity index (χ3v) is 4.54. The molecular formula is C17H21NO4. The second-order valence-corrected chi connectivity index (χ2v) is 6.49. The van der Waals surface area contributed by atoms with Crippen molar-refractivity contribution in [1.29, 1.82) is 0 Å². The van der Waals surface area contributed by atoms with E-state index in [9.17, 15) is 9.59 Å². The van der Waals surface area contributed by atoms with Crippen molar-refractivity contribution in [2.45, 2.75) is 45.4 Å². The third kappa shape index (κ3) is 2.56. The molecule has 5 heteroatoms. The molecule has 22 heavy (non-hydrogen) atoms. The minimum absolute atomic E-state index is 0.208. The maximum atomic E-state index is 12.4. The van der Waals surface area contributed by atoms with Crippen LogP contribution in [0.3, 0.4) is 0 Å². The average Bonchev–Trinajstić information content (AvgIpc) is 2.76. The summed E-state index contributed by atoms with van der Waals surface area (Å²) in [5.41, 5.74) is 0.263. The van der Waals surface area contributed by atoms with Crippen molar-refractivity contribution in [1.82, 2.24) is 4.90 Å². The van der Waals surface area contributed by atoms with E-state index in [1.165, 1.54) is 0 Å². The van der Waals surface area contributed by atoms with Crippen molar-refractivity contribution in [3.05, 3.63) is 35.9 Å². The number of piperidine rings is 1. The van der Waals surface area contributed by atoms with Crippen LogP contribution < -0.4 is 0 Å². The molecule has 0 spiro atoms. The Bertz CT molecular complexity index is 569. The molecule has 5 nitrogen and oxygen atoms in total. The van der Waals surface area contributed by atoms with Crippen molar-refractivity contribution in [3.8, 4) is 0 Å². The molecule has 2 saturated heterocycles. The lowest BCUT2D eigenvalue weighted by atomic mass is 9.80. The maximum Gasteiger partial charge on any atom is 0.410 e. The second-order valence-electron chi connectivity index (χ2n) is 6.49. The van der Waals surface area contributed by atoms with E-state index in [0.29, 0.717) is 6.54 Å². The van der Waals surface area contributed by atoms with E-state index in [4.69, 9.17) is 9.47 Å². The zero-order valence-electron chi connectivity index (χ0n) is 13.0. The number of benzene rings is 1. The van der Waals surface area contributed by atoms with E-state index >= 15 is 0 Å². The molecule has 1 aromatic carbocycles. The van der Waals surface area contributed by atoms with Gasteiger partial charge in [-0.15, -0.1) is 0 Å². The molecule has 0 unspecified atom stereocenters. The number of amides is 1. The number of hydrogen-bond donors (Lipinski definition) is 0. The predicted octanol–water partition coefficient (Wildman–Crippen LogP) is 2.74. The van der Waals surface area contributed by atoms with Crippen molar-refractivity contribution in [3.63, 3.8) is 0 Å². The lowest BCUT2D eigenvalue weighted by Gasteiger charge is -2.39. The van der Waals surface area contributed by atoms with Gasteiger partial charge in [-0.3, -0.25) is 4.79 Å². The highest BCUT2D eigenvalue weighted by molar-refractivity contribution is 5.81. The summed E-state index contributed by atoms with van der Waals surface area (Å²) in [4.78, 5) is 26.1. The van der Waals surface area contributed by atoms with Gasteiger partial charge in [0.1, 0.15) is 12.7 Å². The topological polar surface area (TPSA) is 55.8 Å². The molecule has 0 aromatic heterocycles. The predicted molar refractivity (Wildman–Crippen MR) is 80.0 cm³/mol. The Kier molecular flexibility index (Phi) is 3.81. The number of carbonyl (C=O) groups excluding carboxylic acids is 2. The van der Waals surface area contributed by atoms with Crippen molar-refractivity contribution >= 4 is 12.1 Å². The Balaban J connectivity index is 1.70. The van der Waals surface area contributed by atoms with Crippen LogP contribution in [0.25, 0.3) is 0 Å². The zero-order chi connectivity index (χ0) is 15.7. The van der Waals surface area contributed by atoms with Crippen molar-refractivity contribution in [2.24, 2.45) is 5.41 Å². The molecule has 0 N–H and O–H groups in total. The van der Waals surface area contributed by atoms with Gasteiger partial charge in [-0.1, -0.05) is 30.3 Å². The van der Waals surface area contributed by atoms with Gasteiger partial charge in [0.05, 0.1) is 11.5 Å². The molecule has 0 aliphatic carbocycles. The lowest BCUT2D eigenvalue weighted by molar-refractivity contribution is -0.147. The summed E-state index contributed by atoms with van der Waals surface area (Å²) in [7, 11) is 0. The van der Waals surface area contributed by atoms with E-state index in [2.05, 4.69) is 0 Å². The number of esters is 1. The molecule has 2 fully saturated rings. The van der Waals surface area contributed by atoms with Crippen LogP contribution in [0.15, 0.2) is 30.3 Å². The minimum Gasteiger partial charge on any atom is -0.460 e. The number of fused-ring (bicyclic) bond motifs is 1. The molecule has 3 rings (SSSR count). The SMILES string of the molecule is CC1(C)C(=O)O[C@@H]2CCCN(C(=O)OCc3ccccc3)[C@H]21. The van der Waals surface area contributed by atoms with E-state index in [0.717, 1.165) is 18.4 Å². The molecular weight excluding hydrogens is 282 g/mol. The highest BCUT2D eigenvalue weighted by Crippen LogP contribution is 2.41. The van der Waals surface area contributed by atoms with Crippen LogP contribution in [0.2, 0.25) is 0 Å². The van der Waals surface area contributed by atoms with Gasteiger partial charge in [0.25, 0.3) is 0 Å². The van der Waals surface area contributed by atoms with Crippen LogP contribution in [0.1, 0.15) is 32.3 Å². The fourth-order valence-corrected chi connectivity index (χ4v) is 3.36. The number of nitrogens with zero attached hydrogens (tertiary/aromatic N) is 1. The quantitative estimate of drug-likeness (QED) is 0.788. The van der Waals surface area contributed by atoms with Gasteiger partial charge in [-0.25, -0.2) is 4.79 Å². The average molecular weight is 303 g/mol. The monoisotopic (exact) mass is 303 g/mol. The van der Waals surface area contributed by atoms with Gasteiger partial charge in [0.2, 0.25) is 0 Å². The third-order valence-electron chi connectivity index (χ3n) is 4.54. The Morgan fingerprint density at radius 1 is 1.36 bits per heavy atom. The molecule has 2 aliphatic heterocycles. The Hall–Kier alpha value is -2.04. The van der Waals surface area contributed by atoms with Crippen LogP contribution in [-0.2, 0) is 20.9 Å². The molecule has 0 radical (unpaired) electrons. The number of rotatable bonds is 2. The van der Waals surface area contributed by atoms with E-state index in [-0.39, 0.29) is 30.8 Å². The molecule has 0 saturated carbocycles. The summed E-state index contributed by atoms with van der Waals surface area (Å²) >= 11 is 0. The van der Waals surface area contributed by atoms with Crippen LogP contribution >= 0.6 is 0 Å². The first kappa shape index (κ1) is 14.9. The largest absolute Gasteiger partial charge is 0.460 e. The fraction of sp³-hybridized carbons (Fsp3) is 0.529. The molecule has 2 aliphatic rings. The summed E-state index contributed by atoms with van der Waals surface area (Å²) in [6.07, 6.45) is 1.05. The van der Waals surface area contributed by atoms with Crippen LogP contribution in [0.4, 0.5) is 4.79 Å². The van der Waals surface area contributed by atoms with Crippen LogP contribution in [0, 0.1) is 5.41 Å². The first-order valence-electron chi connectivity index (χ1n) is 7.68. The maximum absolute atomic E-state index is 12.4. The van der Waals surface area contributed by atoms with Crippen LogP contribution in [0.5, 0.6) is 0 Å². The smallest absolute Gasteiger partial charge is 0.410 e. The van der Waals surface area contributed by atoms with Gasteiger partial charge in [-0.05, 0) is 32.3 Å².